The van der Waals surface area contributed by atoms with Crippen LogP contribution in [-0.2, 0) is 4.74 Å². The number of nitro groups is 1. The Morgan fingerprint density at radius 2 is 2.08 bits per heavy atom. The number of nitro benzene ring substituents is 1. The number of hydrogen-bond donors (Lipinski definition) is 1. The van der Waals surface area contributed by atoms with E-state index in [4.69, 9.17) is 9.47 Å². The lowest BCUT2D eigenvalue weighted by Gasteiger charge is -2.12. The molecule has 1 amide bonds. The highest BCUT2D eigenvalue weighted by atomic mass is 16.6. The molecule has 2 aromatic rings. The van der Waals surface area contributed by atoms with Crippen LogP contribution < -0.4 is 10.1 Å². The van der Waals surface area contributed by atoms with Gasteiger partial charge in [-0.15, -0.1) is 0 Å². The van der Waals surface area contributed by atoms with E-state index in [0.717, 1.165) is 19.4 Å². The van der Waals surface area contributed by atoms with Crippen LogP contribution in [0, 0.1) is 17.0 Å². The lowest BCUT2D eigenvalue weighted by Crippen LogP contribution is -2.16. The van der Waals surface area contributed by atoms with E-state index in [1.165, 1.54) is 6.07 Å². The molecule has 0 radical (unpaired) electrons. The monoisotopic (exact) mass is 356 g/mol. The number of nitrogens with zero attached hydrogens (tertiary/aromatic N) is 1. The maximum atomic E-state index is 12.3. The van der Waals surface area contributed by atoms with Crippen LogP contribution in [0.1, 0.15) is 28.8 Å². The molecule has 0 bridgehead atoms. The van der Waals surface area contributed by atoms with Gasteiger partial charge in [0.05, 0.1) is 11.0 Å². The van der Waals surface area contributed by atoms with Crippen LogP contribution in [0.25, 0.3) is 0 Å². The molecule has 26 heavy (non-hydrogen) atoms. The van der Waals surface area contributed by atoms with Gasteiger partial charge in [0.25, 0.3) is 11.6 Å². The lowest BCUT2D eigenvalue weighted by atomic mass is 10.1. The fraction of sp³-hybridized carbons (Fsp3) is 0.316. The molecule has 1 aliphatic rings. The summed E-state index contributed by atoms with van der Waals surface area (Å²) < 4.78 is 11.2. The van der Waals surface area contributed by atoms with Crippen LogP contribution in [0.2, 0.25) is 0 Å². The predicted octanol–water partition coefficient (Wildman–Crippen LogP) is 3.71. The molecule has 7 heteroatoms. The summed E-state index contributed by atoms with van der Waals surface area (Å²) in [6.07, 6.45) is 2.20. The van der Waals surface area contributed by atoms with Gasteiger partial charge in [-0.1, -0.05) is 6.07 Å². The molecule has 0 aromatic heterocycles. The van der Waals surface area contributed by atoms with E-state index in [1.54, 1.807) is 43.3 Å². The molecule has 1 saturated heterocycles. The highest BCUT2D eigenvalue weighted by molar-refractivity contribution is 6.04. The second kappa shape index (κ2) is 7.97. The standard InChI is InChI=1S/C19H20N2O5/c1-13-4-7-15(11-18(13)21(23)24)20-19(22)14-5-8-16(9-6-14)26-12-17-3-2-10-25-17/h4-9,11,17H,2-3,10,12H2,1H3,(H,20,22). The second-order valence-electron chi connectivity index (χ2n) is 6.18. The molecular formula is C19H20N2O5. The third-order valence-electron chi connectivity index (χ3n) is 4.24. The number of benzene rings is 2. The van der Waals surface area contributed by atoms with Crippen LogP contribution in [0.5, 0.6) is 5.75 Å². The topological polar surface area (TPSA) is 90.7 Å². The zero-order chi connectivity index (χ0) is 18.5. The molecule has 1 atom stereocenters. The van der Waals surface area contributed by atoms with Crippen molar-refractivity contribution in [2.24, 2.45) is 0 Å². The predicted molar refractivity (Wildman–Crippen MR) is 96.7 cm³/mol. The van der Waals surface area contributed by atoms with Crippen molar-refractivity contribution in [3.63, 3.8) is 0 Å². The van der Waals surface area contributed by atoms with Gasteiger partial charge in [0.2, 0.25) is 0 Å². The van der Waals surface area contributed by atoms with Crippen molar-refractivity contribution in [1.29, 1.82) is 0 Å². The second-order valence-corrected chi connectivity index (χ2v) is 6.18. The number of nitrogens with one attached hydrogen (secondary N) is 1. The van der Waals surface area contributed by atoms with Crippen molar-refractivity contribution in [2.45, 2.75) is 25.9 Å². The number of anilines is 1. The Labute approximate surface area is 151 Å². The number of rotatable bonds is 6. The molecular weight excluding hydrogens is 336 g/mol. The van der Waals surface area contributed by atoms with E-state index < -0.39 is 4.92 Å². The summed E-state index contributed by atoms with van der Waals surface area (Å²) in [6.45, 7) is 2.93. The van der Waals surface area contributed by atoms with Crippen molar-refractivity contribution in [2.75, 3.05) is 18.5 Å². The number of amides is 1. The molecule has 136 valence electrons. The minimum atomic E-state index is -0.467. The smallest absolute Gasteiger partial charge is 0.274 e. The fourth-order valence-corrected chi connectivity index (χ4v) is 2.75. The van der Waals surface area contributed by atoms with Gasteiger partial charge in [0.1, 0.15) is 12.4 Å². The van der Waals surface area contributed by atoms with Crippen molar-refractivity contribution in [1.82, 2.24) is 0 Å². The van der Waals surface area contributed by atoms with Crippen LogP contribution in [0.15, 0.2) is 42.5 Å². The Balaban J connectivity index is 1.61. The molecule has 2 aromatic carbocycles. The normalized spacial score (nSPS) is 16.3. The van der Waals surface area contributed by atoms with Crippen LogP contribution in [-0.4, -0.2) is 30.1 Å². The average molecular weight is 356 g/mol. The largest absolute Gasteiger partial charge is 0.491 e. The van der Waals surface area contributed by atoms with E-state index in [2.05, 4.69) is 5.32 Å². The van der Waals surface area contributed by atoms with Crippen LogP contribution in [0.3, 0.4) is 0 Å². The van der Waals surface area contributed by atoms with Gasteiger partial charge in [-0.05, 0) is 50.1 Å². The Morgan fingerprint density at radius 1 is 1.31 bits per heavy atom. The molecule has 1 N–H and O–H groups in total. The molecule has 0 aliphatic carbocycles. The molecule has 1 fully saturated rings. The SMILES string of the molecule is Cc1ccc(NC(=O)c2ccc(OCC3CCCO3)cc2)cc1[N+](=O)[O-]. The highest BCUT2D eigenvalue weighted by Gasteiger charge is 2.16. The Morgan fingerprint density at radius 3 is 2.73 bits per heavy atom. The molecule has 1 aliphatic heterocycles. The molecule has 1 heterocycles. The first-order chi connectivity index (χ1) is 12.5. The summed E-state index contributed by atoms with van der Waals surface area (Å²) in [5, 5.41) is 13.7. The summed E-state index contributed by atoms with van der Waals surface area (Å²) in [7, 11) is 0. The quantitative estimate of drug-likeness (QED) is 0.629. The van der Waals surface area contributed by atoms with E-state index in [1.807, 2.05) is 0 Å². The van der Waals surface area contributed by atoms with Crippen molar-refractivity contribution in [3.8, 4) is 5.75 Å². The zero-order valence-corrected chi connectivity index (χ0v) is 14.4. The lowest BCUT2D eigenvalue weighted by molar-refractivity contribution is -0.385. The summed E-state index contributed by atoms with van der Waals surface area (Å²) in [5.41, 5.74) is 1.34. The number of aryl methyl sites for hydroxylation is 1. The molecule has 1 unspecified atom stereocenters. The van der Waals surface area contributed by atoms with Crippen molar-refractivity contribution in [3.05, 3.63) is 63.7 Å². The zero-order valence-electron chi connectivity index (χ0n) is 14.4. The average Bonchev–Trinajstić information content (AvgIpc) is 3.15. The Bertz CT molecular complexity index is 798. The third kappa shape index (κ3) is 4.37. The summed E-state index contributed by atoms with van der Waals surface area (Å²) >= 11 is 0. The van der Waals surface area contributed by atoms with Crippen LogP contribution >= 0.6 is 0 Å². The molecule has 0 saturated carbocycles. The minimum absolute atomic E-state index is 0.0271. The number of carbonyl (C=O) groups is 1. The van der Waals surface area contributed by atoms with Gasteiger partial charge in [-0.2, -0.15) is 0 Å². The number of carbonyl (C=O) groups excluding carboxylic acids is 1. The fourth-order valence-electron chi connectivity index (χ4n) is 2.75. The van der Waals surface area contributed by atoms with Gasteiger partial charge in [-0.25, -0.2) is 0 Å². The van der Waals surface area contributed by atoms with Gasteiger partial charge < -0.3 is 14.8 Å². The Kier molecular flexibility index (Phi) is 5.48. The van der Waals surface area contributed by atoms with Crippen LogP contribution in [0.4, 0.5) is 11.4 Å². The van der Waals surface area contributed by atoms with Crippen molar-refractivity contribution < 1.29 is 19.2 Å². The van der Waals surface area contributed by atoms with Gasteiger partial charge in [-0.3, -0.25) is 14.9 Å². The first-order valence-corrected chi connectivity index (χ1v) is 8.44. The van der Waals surface area contributed by atoms with E-state index in [9.17, 15) is 14.9 Å². The summed E-state index contributed by atoms with van der Waals surface area (Å²) in [5.74, 6) is 0.330. The highest BCUT2D eigenvalue weighted by Crippen LogP contribution is 2.23. The minimum Gasteiger partial charge on any atom is -0.491 e. The van der Waals surface area contributed by atoms with E-state index in [0.29, 0.717) is 29.2 Å². The maximum absolute atomic E-state index is 12.3. The van der Waals surface area contributed by atoms with Crippen molar-refractivity contribution >= 4 is 17.3 Å². The number of hydrogen-bond acceptors (Lipinski definition) is 5. The first-order valence-electron chi connectivity index (χ1n) is 8.44. The molecule has 3 rings (SSSR count). The first kappa shape index (κ1) is 17.9. The summed E-state index contributed by atoms with van der Waals surface area (Å²) in [4.78, 5) is 22.8. The van der Waals surface area contributed by atoms with Gasteiger partial charge >= 0.3 is 0 Å². The summed E-state index contributed by atoms with van der Waals surface area (Å²) in [6, 6.07) is 11.4. The van der Waals surface area contributed by atoms with E-state index in [-0.39, 0.29) is 17.7 Å². The van der Waals surface area contributed by atoms with E-state index >= 15 is 0 Å². The van der Waals surface area contributed by atoms with Gasteiger partial charge in [0, 0.05) is 29.5 Å². The molecule has 0 spiro atoms. The third-order valence-corrected chi connectivity index (χ3v) is 4.24. The Hall–Kier alpha value is -2.93. The molecule has 7 nitrogen and oxygen atoms in total. The van der Waals surface area contributed by atoms with Gasteiger partial charge in [0.15, 0.2) is 0 Å². The number of ether oxygens (including phenoxy) is 2. The maximum Gasteiger partial charge on any atom is 0.274 e.